The van der Waals surface area contributed by atoms with Gasteiger partial charge in [0, 0.05) is 12.1 Å². The van der Waals surface area contributed by atoms with E-state index in [1.807, 2.05) is 37.3 Å². The lowest BCUT2D eigenvalue weighted by molar-refractivity contribution is -0.149. The van der Waals surface area contributed by atoms with E-state index < -0.39 is 29.6 Å². The highest BCUT2D eigenvalue weighted by Crippen LogP contribution is 2.17. The standard InChI is InChI=1S/C19H23N3O5/c1-2-6-15(14-7-4-3-5-8-14)20-17(24)13-27-19(26)11-12-22-18(25)10-9-16(23)21-22/h3-5,7-10,15H,2,6,11-13H2,1H3,(H,20,24)(H,21,23)/t15-/m1/s1. The number of nitrogens with one attached hydrogen (secondary N) is 2. The summed E-state index contributed by atoms with van der Waals surface area (Å²) >= 11 is 0. The van der Waals surface area contributed by atoms with Crippen molar-refractivity contribution in [2.24, 2.45) is 0 Å². The Morgan fingerprint density at radius 1 is 1.15 bits per heavy atom. The van der Waals surface area contributed by atoms with E-state index in [1.54, 1.807) is 0 Å². The summed E-state index contributed by atoms with van der Waals surface area (Å²) in [5, 5.41) is 5.18. The maximum atomic E-state index is 12.1. The van der Waals surface area contributed by atoms with Crippen molar-refractivity contribution in [2.75, 3.05) is 6.61 Å². The number of carbonyl (C=O) groups excluding carboxylic acids is 2. The third-order valence-corrected chi connectivity index (χ3v) is 3.91. The van der Waals surface area contributed by atoms with Crippen LogP contribution in [-0.2, 0) is 20.9 Å². The number of amides is 1. The first-order chi connectivity index (χ1) is 13.0. The predicted molar refractivity (Wildman–Crippen MR) is 99.1 cm³/mol. The average molecular weight is 373 g/mol. The van der Waals surface area contributed by atoms with Crippen LogP contribution in [0.3, 0.4) is 0 Å². The van der Waals surface area contributed by atoms with Crippen molar-refractivity contribution in [3.63, 3.8) is 0 Å². The molecule has 144 valence electrons. The molecule has 8 nitrogen and oxygen atoms in total. The van der Waals surface area contributed by atoms with Crippen LogP contribution >= 0.6 is 0 Å². The van der Waals surface area contributed by atoms with Crippen LogP contribution in [0.1, 0.15) is 37.8 Å². The number of aromatic amines is 1. The predicted octanol–water partition coefficient (Wildman–Crippen LogP) is 1.13. The normalized spacial score (nSPS) is 11.6. The summed E-state index contributed by atoms with van der Waals surface area (Å²) in [5.74, 6) is -1.02. The van der Waals surface area contributed by atoms with Gasteiger partial charge in [-0.25, -0.2) is 4.68 Å². The zero-order valence-corrected chi connectivity index (χ0v) is 15.1. The van der Waals surface area contributed by atoms with Crippen LogP contribution in [0.4, 0.5) is 0 Å². The van der Waals surface area contributed by atoms with Crippen LogP contribution < -0.4 is 16.4 Å². The molecule has 0 aliphatic heterocycles. The second-order valence-corrected chi connectivity index (χ2v) is 6.03. The Morgan fingerprint density at radius 2 is 1.89 bits per heavy atom. The lowest BCUT2D eigenvalue weighted by Gasteiger charge is -2.18. The van der Waals surface area contributed by atoms with E-state index in [1.165, 1.54) is 0 Å². The molecule has 27 heavy (non-hydrogen) atoms. The number of esters is 1. The maximum Gasteiger partial charge on any atom is 0.308 e. The van der Waals surface area contributed by atoms with Gasteiger partial charge < -0.3 is 10.1 Å². The summed E-state index contributed by atoms with van der Waals surface area (Å²) < 4.78 is 5.98. The van der Waals surface area contributed by atoms with E-state index in [0.717, 1.165) is 35.2 Å². The quantitative estimate of drug-likeness (QED) is 0.640. The molecule has 2 rings (SSSR count). The lowest BCUT2D eigenvalue weighted by Crippen LogP contribution is -2.33. The summed E-state index contributed by atoms with van der Waals surface area (Å²) in [6.45, 7) is 1.60. The number of benzene rings is 1. The molecule has 1 heterocycles. The fourth-order valence-electron chi connectivity index (χ4n) is 2.58. The van der Waals surface area contributed by atoms with E-state index in [0.29, 0.717) is 0 Å². The number of rotatable bonds is 9. The number of H-pyrrole nitrogens is 1. The molecule has 2 N–H and O–H groups in total. The largest absolute Gasteiger partial charge is 0.456 e. The smallest absolute Gasteiger partial charge is 0.308 e. The molecule has 0 aliphatic carbocycles. The number of aromatic nitrogens is 2. The Balaban J connectivity index is 1.81. The van der Waals surface area contributed by atoms with Crippen molar-refractivity contribution in [1.82, 2.24) is 15.1 Å². The van der Waals surface area contributed by atoms with Gasteiger partial charge in [0.1, 0.15) is 0 Å². The summed E-state index contributed by atoms with van der Waals surface area (Å²) in [5.41, 5.74) is 0.127. The average Bonchev–Trinajstić information content (AvgIpc) is 2.67. The second-order valence-electron chi connectivity index (χ2n) is 6.03. The fourth-order valence-corrected chi connectivity index (χ4v) is 2.58. The Bertz CT molecular complexity index is 873. The van der Waals surface area contributed by atoms with Crippen LogP contribution in [-0.4, -0.2) is 28.3 Å². The SMILES string of the molecule is CCC[C@@H](NC(=O)COC(=O)CCn1[nH]c(=O)ccc1=O)c1ccccc1. The molecule has 0 radical (unpaired) electrons. The first kappa shape index (κ1) is 20.2. The van der Waals surface area contributed by atoms with Gasteiger partial charge in [0.15, 0.2) is 6.61 Å². The summed E-state index contributed by atoms with van der Waals surface area (Å²) in [7, 11) is 0. The number of aryl methyl sites for hydroxylation is 1. The monoisotopic (exact) mass is 373 g/mol. The molecule has 0 saturated heterocycles. The van der Waals surface area contributed by atoms with Gasteiger partial charge in [-0.1, -0.05) is 43.7 Å². The molecule has 1 aromatic heterocycles. The van der Waals surface area contributed by atoms with Crippen LogP contribution in [0.5, 0.6) is 0 Å². The van der Waals surface area contributed by atoms with Crippen LogP contribution in [0.2, 0.25) is 0 Å². The van der Waals surface area contributed by atoms with E-state index in [-0.39, 0.29) is 19.0 Å². The zero-order chi connectivity index (χ0) is 19.6. The maximum absolute atomic E-state index is 12.1. The van der Waals surface area contributed by atoms with Crippen molar-refractivity contribution in [2.45, 2.75) is 38.8 Å². The van der Waals surface area contributed by atoms with E-state index in [4.69, 9.17) is 4.74 Å². The zero-order valence-electron chi connectivity index (χ0n) is 15.1. The third kappa shape index (κ3) is 6.58. The summed E-state index contributed by atoms with van der Waals surface area (Å²) in [6, 6.07) is 11.7. The molecule has 0 fully saturated rings. The van der Waals surface area contributed by atoms with Gasteiger partial charge in [0.2, 0.25) is 0 Å². The van der Waals surface area contributed by atoms with Crippen LogP contribution in [0.25, 0.3) is 0 Å². The topological polar surface area (TPSA) is 110 Å². The van der Waals surface area contributed by atoms with Crippen molar-refractivity contribution >= 4 is 11.9 Å². The fraction of sp³-hybridized carbons (Fsp3) is 0.368. The van der Waals surface area contributed by atoms with E-state index in [2.05, 4.69) is 10.4 Å². The van der Waals surface area contributed by atoms with Crippen molar-refractivity contribution in [3.05, 3.63) is 68.7 Å². The van der Waals surface area contributed by atoms with Gasteiger partial charge in [0.05, 0.1) is 19.0 Å². The van der Waals surface area contributed by atoms with Crippen molar-refractivity contribution < 1.29 is 14.3 Å². The van der Waals surface area contributed by atoms with Crippen molar-refractivity contribution in [3.8, 4) is 0 Å². The molecule has 0 unspecified atom stereocenters. The number of nitrogens with zero attached hydrogens (tertiary/aromatic N) is 1. The van der Waals surface area contributed by atoms with Gasteiger partial charge in [-0.05, 0) is 12.0 Å². The Kier molecular flexibility index (Phi) is 7.54. The molecule has 0 spiro atoms. The van der Waals surface area contributed by atoms with E-state index >= 15 is 0 Å². The number of hydrogen-bond donors (Lipinski definition) is 2. The molecular formula is C19H23N3O5. The highest BCUT2D eigenvalue weighted by Gasteiger charge is 2.15. The van der Waals surface area contributed by atoms with Gasteiger partial charge in [-0.2, -0.15) is 0 Å². The molecule has 1 aromatic carbocycles. The van der Waals surface area contributed by atoms with Crippen molar-refractivity contribution in [1.29, 1.82) is 0 Å². The molecule has 8 heteroatoms. The third-order valence-electron chi connectivity index (χ3n) is 3.91. The lowest BCUT2D eigenvalue weighted by atomic mass is 10.0. The molecular weight excluding hydrogens is 350 g/mol. The molecule has 0 bridgehead atoms. The number of carbonyl (C=O) groups is 2. The first-order valence-corrected chi connectivity index (χ1v) is 8.79. The number of ether oxygens (including phenoxy) is 1. The van der Waals surface area contributed by atoms with Crippen LogP contribution in [0, 0.1) is 0 Å². The summed E-state index contributed by atoms with van der Waals surface area (Å²) in [6.07, 6.45) is 1.53. The Morgan fingerprint density at radius 3 is 2.59 bits per heavy atom. The molecule has 2 aromatic rings. The van der Waals surface area contributed by atoms with Gasteiger partial charge in [-0.15, -0.1) is 0 Å². The Hall–Kier alpha value is -3.16. The molecule has 1 amide bonds. The minimum atomic E-state index is -0.631. The van der Waals surface area contributed by atoms with Crippen LogP contribution in [0.15, 0.2) is 52.1 Å². The minimum absolute atomic E-state index is 0.0299. The molecule has 1 atom stereocenters. The molecule has 0 saturated carbocycles. The van der Waals surface area contributed by atoms with Gasteiger partial charge in [-0.3, -0.25) is 24.3 Å². The first-order valence-electron chi connectivity index (χ1n) is 8.79. The second kappa shape index (κ2) is 10.1. The van der Waals surface area contributed by atoms with Gasteiger partial charge in [0.25, 0.3) is 17.0 Å². The minimum Gasteiger partial charge on any atom is -0.456 e. The highest BCUT2D eigenvalue weighted by atomic mass is 16.5. The van der Waals surface area contributed by atoms with E-state index in [9.17, 15) is 19.2 Å². The van der Waals surface area contributed by atoms with Gasteiger partial charge >= 0.3 is 5.97 Å². The number of hydrogen-bond acceptors (Lipinski definition) is 5. The highest BCUT2D eigenvalue weighted by molar-refractivity contribution is 5.80. The molecule has 0 aliphatic rings. The Labute approximate surface area is 156 Å². The summed E-state index contributed by atoms with van der Waals surface area (Å²) in [4.78, 5) is 46.6.